The lowest BCUT2D eigenvalue weighted by molar-refractivity contribution is -0.123. The number of rotatable bonds is 6. The van der Waals surface area contributed by atoms with Crippen molar-refractivity contribution in [2.24, 2.45) is 0 Å². The van der Waals surface area contributed by atoms with Gasteiger partial charge in [0.1, 0.15) is 5.75 Å². The number of sulfone groups is 1. The highest BCUT2D eigenvalue weighted by Gasteiger charge is 2.12. The van der Waals surface area contributed by atoms with E-state index in [4.69, 9.17) is 4.74 Å². The van der Waals surface area contributed by atoms with Gasteiger partial charge in [-0.05, 0) is 49.2 Å². The van der Waals surface area contributed by atoms with Crippen LogP contribution in [0.2, 0.25) is 0 Å². The Morgan fingerprint density at radius 1 is 1.17 bits per heavy atom. The topological polar surface area (TPSA) is 72.5 Å². The number of ether oxygens (including phenoxy) is 1. The van der Waals surface area contributed by atoms with Gasteiger partial charge in [-0.15, -0.1) is 0 Å². The van der Waals surface area contributed by atoms with Crippen LogP contribution in [0.15, 0.2) is 53.4 Å². The molecule has 0 saturated heterocycles. The molecular weight excluding hydrogens is 326 g/mol. The van der Waals surface area contributed by atoms with Crippen LogP contribution in [0.5, 0.6) is 5.75 Å². The van der Waals surface area contributed by atoms with Gasteiger partial charge in [0.05, 0.1) is 10.9 Å². The first-order valence-corrected chi connectivity index (χ1v) is 9.44. The molecule has 0 spiro atoms. The average molecular weight is 347 g/mol. The van der Waals surface area contributed by atoms with Gasteiger partial charge in [0, 0.05) is 6.26 Å². The normalized spacial score (nSPS) is 12.5. The molecule has 0 saturated carbocycles. The summed E-state index contributed by atoms with van der Waals surface area (Å²) in [7, 11) is -3.22. The largest absolute Gasteiger partial charge is 0.484 e. The van der Waals surface area contributed by atoms with E-state index < -0.39 is 9.84 Å². The van der Waals surface area contributed by atoms with E-state index in [0.717, 1.165) is 17.4 Å². The molecule has 2 aromatic rings. The second kappa shape index (κ2) is 7.49. The van der Waals surface area contributed by atoms with Crippen molar-refractivity contribution in [2.45, 2.75) is 24.8 Å². The molecule has 6 heteroatoms. The molecule has 0 heterocycles. The summed E-state index contributed by atoms with van der Waals surface area (Å²) in [6.07, 6.45) is 1.16. The minimum Gasteiger partial charge on any atom is -0.484 e. The Labute approximate surface area is 142 Å². The van der Waals surface area contributed by atoms with E-state index in [2.05, 4.69) is 5.32 Å². The molecule has 0 bridgehead atoms. The zero-order chi connectivity index (χ0) is 17.7. The molecule has 1 amide bonds. The smallest absolute Gasteiger partial charge is 0.258 e. The first kappa shape index (κ1) is 18.0. The molecule has 0 aliphatic heterocycles. The van der Waals surface area contributed by atoms with Gasteiger partial charge >= 0.3 is 0 Å². The summed E-state index contributed by atoms with van der Waals surface area (Å²) in [5, 5.41) is 2.83. The number of benzene rings is 2. The molecule has 0 radical (unpaired) electrons. The molecule has 128 valence electrons. The highest BCUT2D eigenvalue weighted by Crippen LogP contribution is 2.16. The molecule has 0 aliphatic rings. The monoisotopic (exact) mass is 347 g/mol. The summed E-state index contributed by atoms with van der Waals surface area (Å²) in [4.78, 5) is 12.2. The molecule has 0 aromatic heterocycles. The Kier molecular flexibility index (Phi) is 5.62. The minimum absolute atomic E-state index is 0.0742. The summed E-state index contributed by atoms with van der Waals surface area (Å²) < 4.78 is 28.4. The van der Waals surface area contributed by atoms with E-state index in [-0.39, 0.29) is 23.5 Å². The lowest BCUT2D eigenvalue weighted by Crippen LogP contribution is -2.31. The zero-order valence-electron chi connectivity index (χ0n) is 13.9. The molecule has 5 nitrogen and oxygen atoms in total. The second-order valence-electron chi connectivity index (χ2n) is 5.74. The van der Waals surface area contributed by atoms with Crippen molar-refractivity contribution < 1.29 is 17.9 Å². The SMILES string of the molecule is Cc1cccc(OCC(=O)NC(C)c2ccc(S(C)(=O)=O)cc2)c1. The molecular formula is C18H21NO4S. The van der Waals surface area contributed by atoms with E-state index in [9.17, 15) is 13.2 Å². The highest BCUT2D eigenvalue weighted by atomic mass is 32.2. The summed E-state index contributed by atoms with van der Waals surface area (Å²) in [5.41, 5.74) is 1.89. The molecule has 24 heavy (non-hydrogen) atoms. The third kappa shape index (κ3) is 5.09. The summed E-state index contributed by atoms with van der Waals surface area (Å²) in [6, 6.07) is 13.7. The number of hydrogen-bond acceptors (Lipinski definition) is 4. The van der Waals surface area contributed by atoms with E-state index in [1.54, 1.807) is 18.2 Å². The minimum atomic E-state index is -3.22. The van der Waals surface area contributed by atoms with Gasteiger partial charge in [0.25, 0.3) is 5.91 Å². The summed E-state index contributed by atoms with van der Waals surface area (Å²) >= 11 is 0. The van der Waals surface area contributed by atoms with Gasteiger partial charge in [-0.2, -0.15) is 0 Å². The highest BCUT2D eigenvalue weighted by molar-refractivity contribution is 7.90. The Balaban J connectivity index is 1.91. The fourth-order valence-corrected chi connectivity index (χ4v) is 2.85. The molecule has 2 rings (SSSR count). The maximum atomic E-state index is 12.0. The Morgan fingerprint density at radius 3 is 2.42 bits per heavy atom. The van der Waals surface area contributed by atoms with E-state index in [1.807, 2.05) is 32.0 Å². The van der Waals surface area contributed by atoms with Crippen LogP contribution in [0.25, 0.3) is 0 Å². The maximum absolute atomic E-state index is 12.0. The number of aryl methyl sites for hydroxylation is 1. The fourth-order valence-electron chi connectivity index (χ4n) is 2.22. The van der Waals surface area contributed by atoms with Gasteiger partial charge in [-0.25, -0.2) is 8.42 Å². The molecule has 1 unspecified atom stereocenters. The van der Waals surface area contributed by atoms with Gasteiger partial charge in [0.2, 0.25) is 0 Å². The van der Waals surface area contributed by atoms with Crippen LogP contribution < -0.4 is 10.1 Å². The van der Waals surface area contributed by atoms with Crippen molar-refractivity contribution >= 4 is 15.7 Å². The number of carbonyl (C=O) groups is 1. The second-order valence-corrected chi connectivity index (χ2v) is 7.75. The molecule has 2 aromatic carbocycles. The van der Waals surface area contributed by atoms with Crippen LogP contribution in [0, 0.1) is 6.92 Å². The Bertz CT molecular complexity index is 813. The predicted molar refractivity (Wildman–Crippen MR) is 92.8 cm³/mol. The fraction of sp³-hybridized carbons (Fsp3) is 0.278. The number of hydrogen-bond donors (Lipinski definition) is 1. The van der Waals surface area contributed by atoms with Crippen molar-refractivity contribution in [1.29, 1.82) is 0 Å². The zero-order valence-corrected chi connectivity index (χ0v) is 14.8. The molecule has 0 fully saturated rings. The number of carbonyl (C=O) groups excluding carboxylic acids is 1. The number of amides is 1. The van der Waals surface area contributed by atoms with Crippen LogP contribution in [0.3, 0.4) is 0 Å². The van der Waals surface area contributed by atoms with Crippen LogP contribution in [0.4, 0.5) is 0 Å². The van der Waals surface area contributed by atoms with Gasteiger partial charge in [-0.1, -0.05) is 24.3 Å². The van der Waals surface area contributed by atoms with Crippen molar-refractivity contribution in [1.82, 2.24) is 5.32 Å². The van der Waals surface area contributed by atoms with Crippen molar-refractivity contribution in [3.05, 3.63) is 59.7 Å². The molecule has 1 atom stereocenters. The Morgan fingerprint density at radius 2 is 1.83 bits per heavy atom. The van der Waals surface area contributed by atoms with E-state index in [0.29, 0.717) is 5.75 Å². The van der Waals surface area contributed by atoms with Crippen molar-refractivity contribution in [3.8, 4) is 5.75 Å². The van der Waals surface area contributed by atoms with Crippen LogP contribution >= 0.6 is 0 Å². The van der Waals surface area contributed by atoms with Gasteiger partial charge < -0.3 is 10.1 Å². The van der Waals surface area contributed by atoms with Crippen LogP contribution in [0.1, 0.15) is 24.1 Å². The van der Waals surface area contributed by atoms with E-state index >= 15 is 0 Å². The lowest BCUT2D eigenvalue weighted by atomic mass is 10.1. The molecule has 1 N–H and O–H groups in total. The Hall–Kier alpha value is -2.34. The van der Waals surface area contributed by atoms with Gasteiger partial charge in [0.15, 0.2) is 16.4 Å². The van der Waals surface area contributed by atoms with Crippen LogP contribution in [-0.4, -0.2) is 27.2 Å². The molecule has 0 aliphatic carbocycles. The first-order valence-electron chi connectivity index (χ1n) is 7.54. The first-order chi connectivity index (χ1) is 11.3. The van der Waals surface area contributed by atoms with E-state index in [1.165, 1.54) is 12.1 Å². The third-order valence-corrected chi connectivity index (χ3v) is 4.67. The predicted octanol–water partition coefficient (Wildman–Crippen LogP) is 2.65. The average Bonchev–Trinajstić information content (AvgIpc) is 2.52. The summed E-state index contributed by atoms with van der Waals surface area (Å²) in [6.45, 7) is 3.71. The number of nitrogens with one attached hydrogen (secondary N) is 1. The van der Waals surface area contributed by atoms with Crippen molar-refractivity contribution in [3.63, 3.8) is 0 Å². The maximum Gasteiger partial charge on any atom is 0.258 e. The van der Waals surface area contributed by atoms with Crippen LogP contribution in [-0.2, 0) is 14.6 Å². The van der Waals surface area contributed by atoms with Crippen molar-refractivity contribution in [2.75, 3.05) is 12.9 Å². The van der Waals surface area contributed by atoms with Gasteiger partial charge in [-0.3, -0.25) is 4.79 Å². The summed E-state index contributed by atoms with van der Waals surface area (Å²) in [5.74, 6) is 0.409. The standard InChI is InChI=1S/C18H21NO4S/c1-13-5-4-6-16(11-13)23-12-18(20)19-14(2)15-7-9-17(10-8-15)24(3,21)22/h4-11,14H,12H2,1-3H3,(H,19,20). The lowest BCUT2D eigenvalue weighted by Gasteiger charge is -2.15. The third-order valence-electron chi connectivity index (χ3n) is 3.55. The quantitative estimate of drug-likeness (QED) is 0.872.